The maximum absolute atomic E-state index is 5.86. The minimum absolute atomic E-state index is 0.435. The van der Waals surface area contributed by atoms with Crippen LogP contribution >= 0.6 is 0 Å². The predicted molar refractivity (Wildman–Crippen MR) is 81.6 cm³/mol. The third-order valence-corrected chi connectivity index (χ3v) is 5.59. The molecule has 4 bridgehead atoms. The number of hydrogen-bond acceptors (Lipinski definition) is 2. The van der Waals surface area contributed by atoms with E-state index in [-0.39, 0.29) is 0 Å². The van der Waals surface area contributed by atoms with Gasteiger partial charge in [0.25, 0.3) is 0 Å². The van der Waals surface area contributed by atoms with Gasteiger partial charge in [0.15, 0.2) is 0 Å². The second kappa shape index (κ2) is 5.65. The zero-order valence-corrected chi connectivity index (χ0v) is 12.6. The summed E-state index contributed by atoms with van der Waals surface area (Å²) in [4.78, 5) is 0. The highest BCUT2D eigenvalue weighted by atomic mass is 16.5. The van der Waals surface area contributed by atoms with Crippen LogP contribution in [0.2, 0.25) is 0 Å². The molecule has 4 aliphatic carbocycles. The molecule has 0 saturated heterocycles. The van der Waals surface area contributed by atoms with Gasteiger partial charge in [-0.05, 0) is 61.2 Å². The summed E-state index contributed by atoms with van der Waals surface area (Å²) < 4.78 is 11.7. The van der Waals surface area contributed by atoms with E-state index in [0.717, 1.165) is 25.0 Å². The van der Waals surface area contributed by atoms with Crippen LogP contribution in [0.15, 0.2) is 25.3 Å². The van der Waals surface area contributed by atoms with E-state index >= 15 is 0 Å². The summed E-state index contributed by atoms with van der Waals surface area (Å²) in [6, 6.07) is 0. The Balaban J connectivity index is 1.68. The van der Waals surface area contributed by atoms with Crippen LogP contribution < -0.4 is 0 Å². The fourth-order valence-electron chi connectivity index (χ4n) is 5.70. The third kappa shape index (κ3) is 2.73. The zero-order chi connectivity index (χ0) is 14.1. The van der Waals surface area contributed by atoms with Crippen molar-refractivity contribution in [3.8, 4) is 0 Å². The van der Waals surface area contributed by atoms with Crippen LogP contribution in [-0.2, 0) is 9.47 Å². The predicted octanol–water partition coefficient (Wildman–Crippen LogP) is 3.98. The summed E-state index contributed by atoms with van der Waals surface area (Å²) in [5.74, 6) is 1.83. The molecule has 4 aliphatic rings. The Morgan fingerprint density at radius 1 is 0.850 bits per heavy atom. The van der Waals surface area contributed by atoms with Crippen molar-refractivity contribution >= 4 is 0 Å². The number of rotatable bonds is 8. The Morgan fingerprint density at radius 2 is 1.30 bits per heavy atom. The van der Waals surface area contributed by atoms with Crippen molar-refractivity contribution in [3.05, 3.63) is 25.3 Å². The molecule has 4 rings (SSSR count). The molecule has 2 nitrogen and oxygen atoms in total. The molecule has 0 aromatic rings. The Morgan fingerprint density at radius 3 is 1.70 bits per heavy atom. The molecule has 20 heavy (non-hydrogen) atoms. The maximum Gasteiger partial charge on any atom is 0.0645 e. The van der Waals surface area contributed by atoms with E-state index in [4.69, 9.17) is 9.47 Å². The second-order valence-electron chi connectivity index (χ2n) is 7.57. The lowest BCUT2D eigenvalue weighted by molar-refractivity contribution is -0.157. The maximum atomic E-state index is 5.86. The van der Waals surface area contributed by atoms with Crippen LogP contribution in [0.4, 0.5) is 0 Å². The summed E-state index contributed by atoms with van der Waals surface area (Å²) in [6.07, 6.45) is 12.0. The molecule has 0 aromatic heterocycles. The molecule has 0 spiro atoms. The number of ether oxygens (including phenoxy) is 2. The van der Waals surface area contributed by atoms with Gasteiger partial charge < -0.3 is 9.47 Å². The largest absolute Gasteiger partial charge is 0.377 e. The molecular formula is C18H28O2. The third-order valence-electron chi connectivity index (χ3n) is 5.59. The van der Waals surface area contributed by atoms with E-state index in [2.05, 4.69) is 13.2 Å². The molecule has 2 heteroatoms. The summed E-state index contributed by atoms with van der Waals surface area (Å²) in [7, 11) is 0. The minimum Gasteiger partial charge on any atom is -0.377 e. The van der Waals surface area contributed by atoms with E-state index in [1.807, 2.05) is 12.2 Å². The Bertz CT molecular complexity index is 328. The van der Waals surface area contributed by atoms with Gasteiger partial charge in [-0.2, -0.15) is 0 Å². The van der Waals surface area contributed by atoms with E-state index in [1.54, 1.807) is 0 Å². The fourth-order valence-corrected chi connectivity index (χ4v) is 5.70. The van der Waals surface area contributed by atoms with Crippen molar-refractivity contribution in [3.63, 3.8) is 0 Å². The van der Waals surface area contributed by atoms with Gasteiger partial charge in [-0.3, -0.25) is 0 Å². The summed E-state index contributed by atoms with van der Waals surface area (Å²) in [6.45, 7) is 10.7. The smallest absolute Gasteiger partial charge is 0.0645 e. The van der Waals surface area contributed by atoms with Crippen molar-refractivity contribution in [1.82, 2.24) is 0 Å². The lowest BCUT2D eigenvalue weighted by atomic mass is 9.44. The highest BCUT2D eigenvalue weighted by molar-refractivity contribution is 5.07. The van der Waals surface area contributed by atoms with Gasteiger partial charge in [-0.1, -0.05) is 12.2 Å². The highest BCUT2D eigenvalue weighted by Gasteiger charge is 2.57. The number of hydrogen-bond donors (Lipinski definition) is 0. The Hall–Kier alpha value is -0.600. The first-order chi connectivity index (χ1) is 9.69. The summed E-state index contributed by atoms with van der Waals surface area (Å²) >= 11 is 0. The van der Waals surface area contributed by atoms with Crippen molar-refractivity contribution in [2.24, 2.45) is 22.7 Å². The first kappa shape index (κ1) is 14.3. The minimum atomic E-state index is 0.435. The molecule has 0 aromatic carbocycles. The van der Waals surface area contributed by atoms with Gasteiger partial charge in [-0.15, -0.1) is 13.2 Å². The first-order valence-corrected chi connectivity index (χ1v) is 8.07. The van der Waals surface area contributed by atoms with E-state index < -0.39 is 0 Å². The zero-order valence-electron chi connectivity index (χ0n) is 12.6. The van der Waals surface area contributed by atoms with Crippen LogP contribution in [0, 0.1) is 22.7 Å². The van der Waals surface area contributed by atoms with Crippen molar-refractivity contribution in [2.75, 3.05) is 26.4 Å². The van der Waals surface area contributed by atoms with Gasteiger partial charge in [0.05, 0.1) is 26.4 Å². The second-order valence-corrected chi connectivity index (χ2v) is 7.57. The molecule has 4 saturated carbocycles. The topological polar surface area (TPSA) is 18.5 Å². The van der Waals surface area contributed by atoms with Crippen LogP contribution in [0.1, 0.15) is 38.5 Å². The van der Waals surface area contributed by atoms with Crippen LogP contribution in [0.25, 0.3) is 0 Å². The SMILES string of the molecule is C=CCOCC12CC3CC(C1)CC(COCC=C)(C3)C2. The summed E-state index contributed by atoms with van der Waals surface area (Å²) in [5, 5.41) is 0. The van der Waals surface area contributed by atoms with Crippen LogP contribution in [0.5, 0.6) is 0 Å². The highest BCUT2D eigenvalue weighted by Crippen LogP contribution is 2.65. The lowest BCUT2D eigenvalue weighted by Crippen LogP contribution is -2.55. The average Bonchev–Trinajstić information content (AvgIpc) is 2.37. The standard InChI is InChI=1S/C18H28O2/c1-3-5-19-13-17-8-15-7-16(9-17)11-18(10-15,12-17)14-20-6-4-2/h3-4,15-16H,1-2,5-14H2. The Labute approximate surface area is 123 Å². The molecule has 4 fully saturated rings. The molecule has 112 valence electrons. The van der Waals surface area contributed by atoms with Crippen molar-refractivity contribution < 1.29 is 9.47 Å². The lowest BCUT2D eigenvalue weighted by Gasteiger charge is -2.62. The van der Waals surface area contributed by atoms with Crippen LogP contribution in [0.3, 0.4) is 0 Å². The molecule has 0 N–H and O–H groups in total. The van der Waals surface area contributed by atoms with E-state index in [9.17, 15) is 0 Å². The van der Waals surface area contributed by atoms with Crippen molar-refractivity contribution in [2.45, 2.75) is 38.5 Å². The normalized spacial score (nSPS) is 41.8. The quantitative estimate of drug-likeness (QED) is 0.493. The monoisotopic (exact) mass is 276 g/mol. The van der Waals surface area contributed by atoms with Gasteiger partial charge in [0.1, 0.15) is 0 Å². The van der Waals surface area contributed by atoms with Gasteiger partial charge in [0, 0.05) is 0 Å². The molecule has 0 radical (unpaired) electrons. The Kier molecular flexibility index (Phi) is 4.05. The molecule has 0 unspecified atom stereocenters. The molecular weight excluding hydrogens is 248 g/mol. The van der Waals surface area contributed by atoms with E-state index in [1.165, 1.54) is 38.5 Å². The molecule has 0 atom stereocenters. The van der Waals surface area contributed by atoms with Gasteiger partial charge in [-0.25, -0.2) is 0 Å². The average molecular weight is 276 g/mol. The van der Waals surface area contributed by atoms with Gasteiger partial charge in [0.2, 0.25) is 0 Å². The summed E-state index contributed by atoms with van der Waals surface area (Å²) in [5.41, 5.74) is 0.870. The fraction of sp³-hybridized carbons (Fsp3) is 0.778. The molecule has 0 amide bonds. The van der Waals surface area contributed by atoms with Crippen molar-refractivity contribution in [1.29, 1.82) is 0 Å². The van der Waals surface area contributed by atoms with E-state index in [0.29, 0.717) is 24.0 Å². The first-order valence-electron chi connectivity index (χ1n) is 8.07. The molecule has 0 heterocycles. The van der Waals surface area contributed by atoms with Crippen LogP contribution in [-0.4, -0.2) is 26.4 Å². The molecule has 0 aliphatic heterocycles. The van der Waals surface area contributed by atoms with Gasteiger partial charge >= 0.3 is 0 Å².